The number of aromatic nitrogens is 1. The lowest BCUT2D eigenvalue weighted by molar-refractivity contribution is -0.129. The number of pyridine rings is 1. The Bertz CT molecular complexity index is 765. The van der Waals surface area contributed by atoms with E-state index < -0.39 is 18.2 Å². The van der Waals surface area contributed by atoms with Gasteiger partial charge in [-0.25, -0.2) is 4.79 Å². The molecule has 2 atom stereocenters. The van der Waals surface area contributed by atoms with Crippen LogP contribution in [0.15, 0.2) is 48.8 Å². The van der Waals surface area contributed by atoms with Gasteiger partial charge in [-0.3, -0.25) is 9.78 Å². The summed E-state index contributed by atoms with van der Waals surface area (Å²) in [5, 5.41) is 19.2. The van der Waals surface area contributed by atoms with Gasteiger partial charge in [0.25, 0.3) is 0 Å². The van der Waals surface area contributed by atoms with Crippen molar-refractivity contribution >= 4 is 11.9 Å². The Morgan fingerprint density at radius 3 is 2.80 bits per heavy atom. The smallest absolute Gasteiger partial charge is 0.335 e. The van der Waals surface area contributed by atoms with Crippen molar-refractivity contribution in [3.8, 4) is 5.75 Å². The SMILES string of the molecule is O=C(O)c1cccc(O[C@@H]2CN(C(=O)Cc3cccnc3)C[C@H]2O)c1. The maximum absolute atomic E-state index is 12.4. The number of aliphatic hydroxyl groups excluding tert-OH is 1. The molecule has 0 spiro atoms. The van der Waals surface area contributed by atoms with E-state index in [9.17, 15) is 14.7 Å². The van der Waals surface area contributed by atoms with E-state index >= 15 is 0 Å². The van der Waals surface area contributed by atoms with Gasteiger partial charge in [-0.15, -0.1) is 0 Å². The molecule has 0 saturated carbocycles. The van der Waals surface area contributed by atoms with Crippen molar-refractivity contribution in [3.05, 3.63) is 59.9 Å². The van der Waals surface area contributed by atoms with Crippen LogP contribution >= 0.6 is 0 Å². The van der Waals surface area contributed by atoms with Gasteiger partial charge < -0.3 is 19.8 Å². The van der Waals surface area contributed by atoms with Crippen LogP contribution in [-0.4, -0.2) is 57.3 Å². The van der Waals surface area contributed by atoms with Crippen LogP contribution in [0, 0.1) is 0 Å². The maximum Gasteiger partial charge on any atom is 0.335 e. The van der Waals surface area contributed by atoms with Crippen LogP contribution in [0.5, 0.6) is 5.75 Å². The van der Waals surface area contributed by atoms with E-state index in [2.05, 4.69) is 4.98 Å². The fourth-order valence-electron chi connectivity index (χ4n) is 2.74. The number of likely N-dealkylation sites (tertiary alicyclic amines) is 1. The second-order valence-corrected chi connectivity index (χ2v) is 5.89. The van der Waals surface area contributed by atoms with Crippen LogP contribution in [-0.2, 0) is 11.2 Å². The quantitative estimate of drug-likeness (QED) is 0.840. The van der Waals surface area contributed by atoms with Crippen molar-refractivity contribution < 1.29 is 24.5 Å². The fraction of sp³-hybridized carbons (Fsp3) is 0.278. The van der Waals surface area contributed by atoms with Gasteiger partial charge in [-0.2, -0.15) is 0 Å². The summed E-state index contributed by atoms with van der Waals surface area (Å²) in [6, 6.07) is 9.65. The molecule has 2 aromatic rings. The van der Waals surface area contributed by atoms with Gasteiger partial charge in [0.2, 0.25) is 5.91 Å². The number of aromatic carboxylic acids is 1. The topological polar surface area (TPSA) is 100.0 Å². The van der Waals surface area contributed by atoms with E-state index in [1.807, 2.05) is 6.07 Å². The van der Waals surface area contributed by atoms with E-state index in [0.717, 1.165) is 5.56 Å². The van der Waals surface area contributed by atoms with Crippen molar-refractivity contribution in [3.63, 3.8) is 0 Å². The van der Waals surface area contributed by atoms with Gasteiger partial charge in [0.1, 0.15) is 18.0 Å². The lowest BCUT2D eigenvalue weighted by atomic mass is 10.2. The Morgan fingerprint density at radius 2 is 2.08 bits per heavy atom. The molecular formula is C18H18N2O5. The third-order valence-electron chi connectivity index (χ3n) is 4.04. The zero-order valence-corrected chi connectivity index (χ0v) is 13.4. The Labute approximate surface area is 144 Å². The summed E-state index contributed by atoms with van der Waals surface area (Å²) in [7, 11) is 0. The Kier molecular flexibility index (Phi) is 4.95. The summed E-state index contributed by atoms with van der Waals surface area (Å²) in [5.74, 6) is -0.811. The molecule has 1 aliphatic heterocycles. The van der Waals surface area contributed by atoms with Crippen LogP contribution in [0.2, 0.25) is 0 Å². The summed E-state index contributed by atoms with van der Waals surface area (Å²) in [6.45, 7) is 0.431. The predicted molar refractivity (Wildman–Crippen MR) is 88.3 cm³/mol. The van der Waals surface area contributed by atoms with Crippen LogP contribution in [0.3, 0.4) is 0 Å². The molecule has 1 fully saturated rings. The van der Waals surface area contributed by atoms with Crippen LogP contribution in [0.4, 0.5) is 0 Å². The lowest BCUT2D eigenvalue weighted by Crippen LogP contribution is -2.32. The zero-order valence-electron chi connectivity index (χ0n) is 13.4. The van der Waals surface area contributed by atoms with Crippen LogP contribution in [0.1, 0.15) is 15.9 Å². The highest BCUT2D eigenvalue weighted by Gasteiger charge is 2.35. The molecule has 0 bridgehead atoms. The molecule has 0 aliphatic carbocycles. The van der Waals surface area contributed by atoms with Crippen molar-refractivity contribution in [1.29, 1.82) is 0 Å². The molecule has 1 aromatic carbocycles. The van der Waals surface area contributed by atoms with Crippen LogP contribution in [0.25, 0.3) is 0 Å². The monoisotopic (exact) mass is 342 g/mol. The number of benzene rings is 1. The number of carboxylic acid groups (broad SMARTS) is 1. The number of ether oxygens (including phenoxy) is 1. The fourth-order valence-corrected chi connectivity index (χ4v) is 2.74. The molecule has 3 rings (SSSR count). The normalized spacial score (nSPS) is 19.6. The third kappa shape index (κ3) is 4.13. The number of nitrogens with zero attached hydrogens (tertiary/aromatic N) is 2. The first-order valence-corrected chi connectivity index (χ1v) is 7.87. The second-order valence-electron chi connectivity index (χ2n) is 5.89. The summed E-state index contributed by atoms with van der Waals surface area (Å²) in [5.41, 5.74) is 0.912. The Hall–Kier alpha value is -2.93. The highest BCUT2D eigenvalue weighted by Crippen LogP contribution is 2.21. The molecule has 2 heterocycles. The lowest BCUT2D eigenvalue weighted by Gasteiger charge is -2.17. The first-order valence-electron chi connectivity index (χ1n) is 7.87. The number of hydrogen-bond donors (Lipinski definition) is 2. The minimum absolute atomic E-state index is 0.106. The molecule has 0 radical (unpaired) electrons. The summed E-state index contributed by atoms with van der Waals surface area (Å²) >= 11 is 0. The van der Waals surface area contributed by atoms with E-state index in [1.54, 1.807) is 35.5 Å². The molecule has 7 heteroatoms. The zero-order chi connectivity index (χ0) is 17.8. The third-order valence-corrected chi connectivity index (χ3v) is 4.04. The molecule has 1 aromatic heterocycles. The summed E-state index contributed by atoms with van der Waals surface area (Å²) in [4.78, 5) is 28.9. The Morgan fingerprint density at radius 1 is 1.24 bits per heavy atom. The Balaban J connectivity index is 1.62. The molecule has 25 heavy (non-hydrogen) atoms. The highest BCUT2D eigenvalue weighted by atomic mass is 16.5. The average Bonchev–Trinajstić information content (AvgIpc) is 2.97. The minimum atomic E-state index is -1.05. The maximum atomic E-state index is 12.4. The van der Waals surface area contributed by atoms with Gasteiger partial charge in [-0.1, -0.05) is 12.1 Å². The van der Waals surface area contributed by atoms with Crippen molar-refractivity contribution in [2.45, 2.75) is 18.6 Å². The van der Waals surface area contributed by atoms with Gasteiger partial charge in [-0.05, 0) is 29.8 Å². The van der Waals surface area contributed by atoms with Crippen molar-refractivity contribution in [2.75, 3.05) is 13.1 Å². The highest BCUT2D eigenvalue weighted by molar-refractivity contribution is 5.88. The molecule has 1 saturated heterocycles. The van der Waals surface area contributed by atoms with E-state index in [-0.39, 0.29) is 31.0 Å². The molecule has 130 valence electrons. The van der Waals surface area contributed by atoms with Crippen molar-refractivity contribution in [2.24, 2.45) is 0 Å². The van der Waals surface area contributed by atoms with Crippen molar-refractivity contribution in [1.82, 2.24) is 9.88 Å². The minimum Gasteiger partial charge on any atom is -0.486 e. The number of aliphatic hydroxyl groups is 1. The van der Waals surface area contributed by atoms with E-state index in [1.165, 1.54) is 12.1 Å². The predicted octanol–water partition coefficient (Wildman–Crippen LogP) is 0.973. The first-order chi connectivity index (χ1) is 12.0. The molecular weight excluding hydrogens is 324 g/mol. The number of carbonyl (C=O) groups excluding carboxylic acids is 1. The van der Waals surface area contributed by atoms with Gasteiger partial charge in [0.15, 0.2) is 0 Å². The number of β-amino-alcohol motifs (C(OH)–C–C–N with tert-alkyl or cyclic N) is 1. The van der Waals surface area contributed by atoms with Crippen LogP contribution < -0.4 is 4.74 Å². The molecule has 7 nitrogen and oxygen atoms in total. The average molecular weight is 342 g/mol. The molecule has 1 amide bonds. The summed E-state index contributed by atoms with van der Waals surface area (Å²) < 4.78 is 5.69. The molecule has 0 unspecified atom stereocenters. The standard InChI is InChI=1S/C18H18N2O5/c21-15-10-20(17(22)7-12-3-2-6-19-9-12)11-16(15)25-14-5-1-4-13(8-14)18(23)24/h1-6,8-9,15-16,21H,7,10-11H2,(H,23,24)/t15-,16-/m1/s1. The van der Waals surface area contributed by atoms with E-state index in [4.69, 9.17) is 9.84 Å². The number of rotatable bonds is 5. The largest absolute Gasteiger partial charge is 0.486 e. The number of carbonyl (C=O) groups is 2. The molecule has 1 aliphatic rings. The molecule has 2 N–H and O–H groups in total. The number of carboxylic acids is 1. The summed E-state index contributed by atoms with van der Waals surface area (Å²) in [6.07, 6.45) is 2.06. The second kappa shape index (κ2) is 7.31. The first kappa shape index (κ1) is 16.9. The van der Waals surface area contributed by atoms with Gasteiger partial charge in [0, 0.05) is 12.4 Å². The van der Waals surface area contributed by atoms with Gasteiger partial charge >= 0.3 is 5.97 Å². The van der Waals surface area contributed by atoms with Gasteiger partial charge in [0.05, 0.1) is 25.1 Å². The number of amides is 1. The number of hydrogen-bond acceptors (Lipinski definition) is 5. The van der Waals surface area contributed by atoms with E-state index in [0.29, 0.717) is 5.75 Å².